The van der Waals surface area contributed by atoms with Crippen molar-refractivity contribution in [3.63, 3.8) is 0 Å². The van der Waals surface area contributed by atoms with Gasteiger partial charge in [0.15, 0.2) is 0 Å². The highest BCUT2D eigenvalue weighted by Crippen LogP contribution is 2.73. The summed E-state index contributed by atoms with van der Waals surface area (Å²) >= 11 is 0. The van der Waals surface area contributed by atoms with E-state index in [-0.39, 0.29) is 12.8 Å². The van der Waals surface area contributed by atoms with Crippen molar-refractivity contribution in [2.24, 2.45) is 0 Å². The fourth-order valence-electron chi connectivity index (χ4n) is 1.07. The Kier molecular flexibility index (Phi) is 5.15. The van der Waals surface area contributed by atoms with Gasteiger partial charge in [0.2, 0.25) is 0 Å². The third kappa shape index (κ3) is 2.68. The summed E-state index contributed by atoms with van der Waals surface area (Å²) in [6, 6.07) is 0. The van der Waals surface area contributed by atoms with E-state index in [9.17, 15) is 24.0 Å². The van der Waals surface area contributed by atoms with Crippen molar-refractivity contribution < 1.29 is 33.1 Å². The van der Waals surface area contributed by atoms with E-state index in [1.54, 1.807) is 6.92 Å². The Balaban J connectivity index is 5.45. The third-order valence-corrected chi connectivity index (χ3v) is 6.75. The van der Waals surface area contributed by atoms with Crippen LogP contribution in [0.1, 0.15) is 19.8 Å². The van der Waals surface area contributed by atoms with Crippen molar-refractivity contribution in [3.05, 3.63) is 0 Å². The Hall–Kier alpha value is 0.260. The van der Waals surface area contributed by atoms with E-state index in [1.807, 2.05) is 0 Å². The van der Waals surface area contributed by atoms with E-state index in [0.29, 0.717) is 0 Å². The van der Waals surface area contributed by atoms with Crippen LogP contribution in [0.3, 0.4) is 0 Å². The maximum atomic E-state index is 11.5. The SMILES string of the molecule is CCCC(O)(P(=O)(O)OC)P(=O)(O)OC. The summed E-state index contributed by atoms with van der Waals surface area (Å²) in [7, 11) is -7.52. The molecule has 0 aliphatic rings. The van der Waals surface area contributed by atoms with Crippen molar-refractivity contribution in [2.45, 2.75) is 24.8 Å². The van der Waals surface area contributed by atoms with E-state index < -0.39 is 20.3 Å². The quantitative estimate of drug-likeness (QED) is 0.614. The maximum absolute atomic E-state index is 11.5. The molecule has 0 fully saturated rings. The van der Waals surface area contributed by atoms with Crippen molar-refractivity contribution in [3.8, 4) is 0 Å². The van der Waals surface area contributed by atoms with Crippen LogP contribution >= 0.6 is 15.2 Å². The van der Waals surface area contributed by atoms with Gasteiger partial charge in [0.05, 0.1) is 0 Å². The molecule has 15 heavy (non-hydrogen) atoms. The molecule has 9 heteroatoms. The van der Waals surface area contributed by atoms with Gasteiger partial charge in [0.25, 0.3) is 5.08 Å². The van der Waals surface area contributed by atoms with E-state index in [4.69, 9.17) is 0 Å². The van der Waals surface area contributed by atoms with Crippen LogP contribution in [0.2, 0.25) is 0 Å². The van der Waals surface area contributed by atoms with Crippen LogP contribution in [-0.4, -0.2) is 34.2 Å². The first-order chi connectivity index (χ1) is 6.68. The molecule has 0 aromatic carbocycles. The minimum atomic E-state index is -4.63. The lowest BCUT2D eigenvalue weighted by Crippen LogP contribution is -2.29. The molecule has 0 bridgehead atoms. The van der Waals surface area contributed by atoms with Gasteiger partial charge in [-0.1, -0.05) is 13.3 Å². The normalized spacial score (nSPS) is 23.9. The zero-order chi connectivity index (χ0) is 12.3. The lowest BCUT2D eigenvalue weighted by molar-refractivity contribution is 0.109. The second-order valence-electron chi connectivity index (χ2n) is 2.93. The van der Waals surface area contributed by atoms with Crippen LogP contribution in [0.4, 0.5) is 0 Å². The highest BCUT2D eigenvalue weighted by Gasteiger charge is 2.60. The lowest BCUT2D eigenvalue weighted by atomic mass is 10.3. The van der Waals surface area contributed by atoms with Crippen LogP contribution < -0.4 is 0 Å². The maximum Gasteiger partial charge on any atom is 0.371 e. The second-order valence-corrected chi connectivity index (χ2v) is 7.57. The second kappa shape index (κ2) is 5.06. The van der Waals surface area contributed by atoms with Crippen molar-refractivity contribution in [1.29, 1.82) is 0 Å². The van der Waals surface area contributed by atoms with Crippen molar-refractivity contribution in [1.82, 2.24) is 0 Å². The Morgan fingerprint density at radius 3 is 1.67 bits per heavy atom. The Morgan fingerprint density at radius 1 is 1.13 bits per heavy atom. The third-order valence-electron chi connectivity index (χ3n) is 1.99. The van der Waals surface area contributed by atoms with Gasteiger partial charge >= 0.3 is 15.2 Å². The molecule has 3 N–H and O–H groups in total. The molecule has 0 aromatic heterocycles. The Labute approximate surface area is 88.1 Å². The van der Waals surface area contributed by atoms with E-state index in [2.05, 4.69) is 9.05 Å². The molecule has 7 nitrogen and oxygen atoms in total. The van der Waals surface area contributed by atoms with Gasteiger partial charge in [-0.05, 0) is 6.42 Å². The van der Waals surface area contributed by atoms with Gasteiger partial charge in [0, 0.05) is 14.2 Å². The predicted octanol–water partition coefficient (Wildman–Crippen LogP) is 1.10. The fourth-order valence-corrected chi connectivity index (χ4v) is 4.43. The molecule has 92 valence electrons. The largest absolute Gasteiger partial charge is 0.371 e. The summed E-state index contributed by atoms with van der Waals surface area (Å²) in [5.74, 6) is 0. The van der Waals surface area contributed by atoms with Crippen LogP contribution in [0, 0.1) is 0 Å². The first-order valence-corrected chi connectivity index (χ1v) is 7.33. The highest BCUT2D eigenvalue weighted by atomic mass is 31.2. The number of rotatable bonds is 6. The molecule has 0 radical (unpaired) electrons. The average molecular weight is 262 g/mol. The van der Waals surface area contributed by atoms with Crippen LogP contribution in [0.15, 0.2) is 0 Å². The predicted molar refractivity (Wildman–Crippen MR) is 53.5 cm³/mol. The van der Waals surface area contributed by atoms with Gasteiger partial charge in [-0.15, -0.1) is 0 Å². The van der Waals surface area contributed by atoms with Crippen LogP contribution in [-0.2, 0) is 18.2 Å². The molecule has 0 spiro atoms. The van der Waals surface area contributed by atoms with Crippen LogP contribution in [0.25, 0.3) is 0 Å². The summed E-state index contributed by atoms with van der Waals surface area (Å²) in [5.41, 5.74) is 0. The molecule has 0 saturated carbocycles. The molecule has 2 atom stereocenters. The minimum absolute atomic E-state index is 0.221. The molecule has 2 unspecified atom stereocenters. The van der Waals surface area contributed by atoms with Gasteiger partial charge in [-0.3, -0.25) is 9.13 Å². The summed E-state index contributed by atoms with van der Waals surface area (Å²) in [5, 5.41) is 7.01. The van der Waals surface area contributed by atoms with Gasteiger partial charge in [-0.2, -0.15) is 0 Å². The smallest absolute Gasteiger partial charge is 0.368 e. The molecule has 0 aliphatic carbocycles. The average Bonchev–Trinajstić information content (AvgIpc) is 2.17. The fraction of sp³-hybridized carbons (Fsp3) is 1.00. The molecular weight excluding hydrogens is 246 g/mol. The monoisotopic (exact) mass is 262 g/mol. The Morgan fingerprint density at radius 2 is 1.47 bits per heavy atom. The van der Waals surface area contributed by atoms with Gasteiger partial charge < -0.3 is 23.9 Å². The van der Waals surface area contributed by atoms with Crippen LogP contribution in [0.5, 0.6) is 0 Å². The first kappa shape index (κ1) is 15.3. The topological polar surface area (TPSA) is 113 Å². The summed E-state index contributed by atoms with van der Waals surface area (Å²) in [4.78, 5) is 18.6. The standard InChI is InChI=1S/C6H16O7P2/c1-4-5-6(7,14(8,9)12-2)15(10,11)13-3/h7H,4-5H2,1-3H3,(H,8,9)(H,10,11). The highest BCUT2D eigenvalue weighted by molar-refractivity contribution is 7.72. The van der Waals surface area contributed by atoms with Crippen molar-refractivity contribution >= 4 is 15.2 Å². The van der Waals surface area contributed by atoms with Gasteiger partial charge in [0.1, 0.15) is 0 Å². The zero-order valence-electron chi connectivity index (χ0n) is 8.78. The molecule has 0 amide bonds. The molecule has 0 rings (SSSR count). The molecule has 0 heterocycles. The zero-order valence-corrected chi connectivity index (χ0v) is 10.6. The number of aliphatic hydroxyl groups is 1. The Bertz CT molecular complexity index is 278. The molecule has 0 aromatic rings. The molecule has 0 saturated heterocycles. The van der Waals surface area contributed by atoms with Crippen molar-refractivity contribution in [2.75, 3.05) is 14.2 Å². The summed E-state index contributed by atoms with van der Waals surface area (Å²) < 4.78 is 31.3. The van der Waals surface area contributed by atoms with E-state index >= 15 is 0 Å². The van der Waals surface area contributed by atoms with E-state index in [1.165, 1.54) is 0 Å². The lowest BCUT2D eigenvalue weighted by Gasteiger charge is -2.32. The van der Waals surface area contributed by atoms with Gasteiger partial charge in [-0.25, -0.2) is 0 Å². The van der Waals surface area contributed by atoms with E-state index in [0.717, 1.165) is 14.2 Å². The summed E-state index contributed by atoms with van der Waals surface area (Å²) in [6.45, 7) is 1.58. The molecular formula is C6H16O7P2. The summed E-state index contributed by atoms with van der Waals surface area (Å²) in [6.07, 6.45) is -0.158. The molecule has 0 aliphatic heterocycles. The first-order valence-electron chi connectivity index (χ1n) is 4.18. The number of hydrogen-bond donors (Lipinski definition) is 3. The number of hydrogen-bond acceptors (Lipinski definition) is 5. The minimum Gasteiger partial charge on any atom is -0.368 e.